The van der Waals surface area contributed by atoms with E-state index in [1.807, 2.05) is 17.9 Å². The van der Waals surface area contributed by atoms with Gasteiger partial charge in [-0.1, -0.05) is 0 Å². The van der Waals surface area contributed by atoms with Crippen LogP contribution in [0.3, 0.4) is 0 Å². The number of rotatable bonds is 3. The first-order valence-electron chi connectivity index (χ1n) is 7.97. The van der Waals surface area contributed by atoms with Crippen molar-refractivity contribution in [3.05, 3.63) is 28.8 Å². The van der Waals surface area contributed by atoms with E-state index >= 15 is 0 Å². The number of aryl methyl sites for hydroxylation is 1. The molecule has 1 amide bonds. The van der Waals surface area contributed by atoms with Crippen LogP contribution in [0.4, 0.5) is 0 Å². The normalized spacial score (nSPS) is 18.8. The van der Waals surface area contributed by atoms with Crippen molar-refractivity contribution in [1.82, 2.24) is 19.0 Å². The Bertz CT molecular complexity index is 746. The van der Waals surface area contributed by atoms with Gasteiger partial charge in [-0.15, -0.1) is 0 Å². The molecule has 6 nitrogen and oxygen atoms in total. The highest BCUT2D eigenvalue weighted by Gasteiger charge is 2.25. The standard InChI is InChI=1S/C16H22N4O2/c1-3-18-15-13(8-6-9-17-15)20(16(18)22)11-14(21)19-10-5-4-7-12(19)2/h6,8-9,12H,3-5,7,10-11H2,1-2H3/t12-/m1/s1. The van der Waals surface area contributed by atoms with Crippen molar-refractivity contribution in [1.29, 1.82) is 0 Å². The first-order chi connectivity index (χ1) is 10.6. The lowest BCUT2D eigenvalue weighted by Gasteiger charge is -2.33. The predicted octanol–water partition coefficient (Wildman–Crippen LogP) is 1.62. The maximum absolute atomic E-state index is 12.6. The molecule has 1 aliphatic heterocycles. The number of nitrogens with zero attached hydrogens (tertiary/aromatic N) is 4. The number of likely N-dealkylation sites (tertiary alicyclic amines) is 1. The minimum absolute atomic E-state index is 0.0216. The molecule has 1 aliphatic rings. The molecule has 118 valence electrons. The fourth-order valence-corrected chi connectivity index (χ4v) is 3.28. The van der Waals surface area contributed by atoms with Crippen molar-refractivity contribution < 1.29 is 4.79 Å². The molecule has 6 heteroatoms. The monoisotopic (exact) mass is 302 g/mol. The number of carbonyl (C=O) groups is 1. The number of carbonyl (C=O) groups excluding carboxylic acids is 1. The molecule has 2 aromatic rings. The lowest BCUT2D eigenvalue weighted by atomic mass is 10.0. The summed E-state index contributed by atoms with van der Waals surface area (Å²) in [5, 5.41) is 0. The summed E-state index contributed by atoms with van der Waals surface area (Å²) in [6, 6.07) is 3.91. The SMILES string of the molecule is CCn1c(=O)n(CC(=O)N2CCCC[C@H]2C)c2cccnc21. The van der Waals surface area contributed by atoms with Gasteiger partial charge in [-0.3, -0.25) is 13.9 Å². The van der Waals surface area contributed by atoms with E-state index in [9.17, 15) is 9.59 Å². The first-order valence-corrected chi connectivity index (χ1v) is 7.97. The molecule has 0 radical (unpaired) electrons. The van der Waals surface area contributed by atoms with Gasteiger partial charge < -0.3 is 4.90 Å². The zero-order chi connectivity index (χ0) is 15.7. The fraction of sp³-hybridized carbons (Fsp3) is 0.562. The summed E-state index contributed by atoms with van der Waals surface area (Å²) in [5.74, 6) is 0.0216. The summed E-state index contributed by atoms with van der Waals surface area (Å²) in [6.07, 6.45) is 4.93. The molecule has 0 spiro atoms. The van der Waals surface area contributed by atoms with E-state index in [1.165, 1.54) is 6.42 Å². The summed E-state index contributed by atoms with van der Waals surface area (Å²) in [4.78, 5) is 31.3. The molecule has 1 atom stereocenters. The van der Waals surface area contributed by atoms with E-state index in [2.05, 4.69) is 11.9 Å². The zero-order valence-electron chi connectivity index (χ0n) is 13.2. The van der Waals surface area contributed by atoms with Crippen molar-refractivity contribution >= 4 is 17.1 Å². The van der Waals surface area contributed by atoms with Crippen LogP contribution in [-0.2, 0) is 17.9 Å². The van der Waals surface area contributed by atoms with Gasteiger partial charge in [-0.25, -0.2) is 9.78 Å². The van der Waals surface area contributed by atoms with Crippen LogP contribution >= 0.6 is 0 Å². The van der Waals surface area contributed by atoms with Crippen molar-refractivity contribution in [2.24, 2.45) is 0 Å². The molecule has 3 heterocycles. The second-order valence-corrected chi connectivity index (χ2v) is 5.89. The number of hydrogen-bond donors (Lipinski definition) is 0. The number of hydrogen-bond acceptors (Lipinski definition) is 3. The van der Waals surface area contributed by atoms with Crippen LogP contribution in [0.15, 0.2) is 23.1 Å². The van der Waals surface area contributed by atoms with Gasteiger partial charge in [0.25, 0.3) is 0 Å². The summed E-state index contributed by atoms with van der Waals surface area (Å²) in [5.41, 5.74) is 1.22. The van der Waals surface area contributed by atoms with Crippen LogP contribution in [0, 0.1) is 0 Å². The van der Waals surface area contributed by atoms with Gasteiger partial charge >= 0.3 is 5.69 Å². The number of pyridine rings is 1. The minimum Gasteiger partial charge on any atom is -0.338 e. The van der Waals surface area contributed by atoms with Gasteiger partial charge in [0.1, 0.15) is 6.54 Å². The molecule has 0 aliphatic carbocycles. The third-order valence-corrected chi connectivity index (χ3v) is 4.51. The maximum atomic E-state index is 12.6. The summed E-state index contributed by atoms with van der Waals surface area (Å²) >= 11 is 0. The van der Waals surface area contributed by atoms with Gasteiger partial charge in [0.2, 0.25) is 5.91 Å². The molecule has 1 fully saturated rings. The van der Waals surface area contributed by atoms with Gasteiger partial charge in [-0.05, 0) is 45.2 Å². The van der Waals surface area contributed by atoms with Crippen molar-refractivity contribution in [2.45, 2.75) is 52.2 Å². The maximum Gasteiger partial charge on any atom is 0.330 e. The average molecular weight is 302 g/mol. The summed E-state index contributed by atoms with van der Waals surface area (Å²) in [7, 11) is 0. The topological polar surface area (TPSA) is 60.1 Å². The lowest BCUT2D eigenvalue weighted by Crippen LogP contribution is -2.44. The first kappa shape index (κ1) is 14.8. The quantitative estimate of drug-likeness (QED) is 0.865. The molecular weight excluding hydrogens is 280 g/mol. The van der Waals surface area contributed by atoms with Crippen molar-refractivity contribution in [3.63, 3.8) is 0 Å². The molecule has 0 aromatic carbocycles. The van der Waals surface area contributed by atoms with Crippen LogP contribution in [0.2, 0.25) is 0 Å². The Morgan fingerprint density at radius 3 is 2.91 bits per heavy atom. The highest BCUT2D eigenvalue weighted by molar-refractivity contribution is 5.79. The molecule has 2 aromatic heterocycles. The Morgan fingerprint density at radius 2 is 2.18 bits per heavy atom. The Morgan fingerprint density at radius 1 is 1.36 bits per heavy atom. The molecular formula is C16H22N4O2. The number of imidazole rings is 1. The molecule has 0 saturated carbocycles. The van der Waals surface area contributed by atoms with Crippen LogP contribution < -0.4 is 5.69 Å². The summed E-state index contributed by atoms with van der Waals surface area (Å²) in [6.45, 7) is 5.43. The molecule has 3 rings (SSSR count). The Balaban J connectivity index is 1.95. The van der Waals surface area contributed by atoms with E-state index in [0.29, 0.717) is 12.2 Å². The largest absolute Gasteiger partial charge is 0.338 e. The van der Waals surface area contributed by atoms with Crippen LogP contribution in [0.1, 0.15) is 33.1 Å². The molecule has 1 saturated heterocycles. The predicted molar refractivity (Wildman–Crippen MR) is 84.7 cm³/mol. The Labute approximate surface area is 129 Å². The van der Waals surface area contributed by atoms with E-state index in [1.54, 1.807) is 21.4 Å². The van der Waals surface area contributed by atoms with Crippen LogP contribution in [-0.4, -0.2) is 37.5 Å². The van der Waals surface area contributed by atoms with E-state index < -0.39 is 0 Å². The highest BCUT2D eigenvalue weighted by Crippen LogP contribution is 2.17. The van der Waals surface area contributed by atoms with Crippen LogP contribution in [0.25, 0.3) is 11.2 Å². The zero-order valence-corrected chi connectivity index (χ0v) is 13.2. The molecule has 0 bridgehead atoms. The number of piperidine rings is 1. The number of fused-ring (bicyclic) bond motifs is 1. The van der Waals surface area contributed by atoms with E-state index in [-0.39, 0.29) is 24.2 Å². The van der Waals surface area contributed by atoms with Gasteiger partial charge in [0.15, 0.2) is 5.65 Å². The Kier molecular flexibility index (Phi) is 4.00. The molecule has 0 N–H and O–H groups in total. The molecule has 0 unspecified atom stereocenters. The number of aromatic nitrogens is 3. The third kappa shape index (κ3) is 2.42. The van der Waals surface area contributed by atoms with Gasteiger partial charge in [0, 0.05) is 25.3 Å². The minimum atomic E-state index is -0.158. The lowest BCUT2D eigenvalue weighted by molar-refractivity contribution is -0.135. The van der Waals surface area contributed by atoms with E-state index in [0.717, 1.165) is 24.9 Å². The fourth-order valence-electron chi connectivity index (χ4n) is 3.28. The smallest absolute Gasteiger partial charge is 0.330 e. The second-order valence-electron chi connectivity index (χ2n) is 5.89. The third-order valence-electron chi connectivity index (χ3n) is 4.51. The number of amides is 1. The summed E-state index contributed by atoms with van der Waals surface area (Å²) < 4.78 is 3.16. The van der Waals surface area contributed by atoms with Gasteiger partial charge in [0.05, 0.1) is 5.52 Å². The Hall–Kier alpha value is -2.11. The van der Waals surface area contributed by atoms with Crippen molar-refractivity contribution in [2.75, 3.05) is 6.54 Å². The average Bonchev–Trinajstić information content (AvgIpc) is 2.79. The van der Waals surface area contributed by atoms with Gasteiger partial charge in [-0.2, -0.15) is 0 Å². The van der Waals surface area contributed by atoms with Crippen LogP contribution in [0.5, 0.6) is 0 Å². The molecule has 22 heavy (non-hydrogen) atoms. The second kappa shape index (κ2) is 5.94. The van der Waals surface area contributed by atoms with E-state index in [4.69, 9.17) is 0 Å². The van der Waals surface area contributed by atoms with Crippen molar-refractivity contribution in [3.8, 4) is 0 Å². The highest BCUT2D eigenvalue weighted by atomic mass is 16.2.